The summed E-state index contributed by atoms with van der Waals surface area (Å²) in [5.74, 6) is -0.787. The molecule has 0 saturated heterocycles. The van der Waals surface area contributed by atoms with Crippen LogP contribution in [0.15, 0.2) is 0 Å². The molecule has 0 aromatic rings. The van der Waals surface area contributed by atoms with Gasteiger partial charge >= 0.3 is 5.97 Å². The molecule has 0 unspecified atom stereocenters. The molecule has 0 aromatic carbocycles. The lowest BCUT2D eigenvalue weighted by molar-refractivity contribution is -0.149. The number of methoxy groups -OCH3 is 1. The first-order valence-electron chi connectivity index (χ1n) is 4.63. The van der Waals surface area contributed by atoms with Crippen molar-refractivity contribution in [2.75, 3.05) is 7.11 Å². The van der Waals surface area contributed by atoms with Crippen molar-refractivity contribution in [3.8, 4) is 0 Å². The van der Waals surface area contributed by atoms with E-state index in [0.29, 0.717) is 12.8 Å². The second kappa shape index (κ2) is 4.25. The lowest BCUT2D eigenvalue weighted by Crippen LogP contribution is -2.53. The predicted octanol–water partition coefficient (Wildman–Crippen LogP) is 2.03. The largest absolute Gasteiger partial charge is 0.467 e. The summed E-state index contributed by atoms with van der Waals surface area (Å²) in [5.41, 5.74) is -1.35. The summed E-state index contributed by atoms with van der Waals surface area (Å²) >= 11 is 11.7. The Bertz CT molecular complexity index is 222. The van der Waals surface area contributed by atoms with Crippen molar-refractivity contribution in [1.82, 2.24) is 0 Å². The molecule has 1 rings (SSSR count). The van der Waals surface area contributed by atoms with Gasteiger partial charge in [0.25, 0.3) is 0 Å². The monoisotopic (exact) mass is 240 g/mol. The minimum Gasteiger partial charge on any atom is -0.467 e. The second-order valence-electron chi connectivity index (χ2n) is 3.66. The van der Waals surface area contributed by atoms with E-state index in [1.807, 2.05) is 0 Å². The average molecular weight is 241 g/mol. The van der Waals surface area contributed by atoms with Crippen molar-refractivity contribution >= 4 is 29.2 Å². The molecule has 5 heteroatoms. The highest BCUT2D eigenvalue weighted by atomic mass is 35.5. The Morgan fingerprint density at radius 1 is 1.36 bits per heavy atom. The number of aliphatic hydroxyl groups is 1. The van der Waals surface area contributed by atoms with Crippen LogP contribution in [0.1, 0.15) is 32.1 Å². The van der Waals surface area contributed by atoms with E-state index in [1.54, 1.807) is 0 Å². The van der Waals surface area contributed by atoms with Gasteiger partial charge in [-0.1, -0.05) is 42.5 Å². The van der Waals surface area contributed by atoms with Crippen LogP contribution in [-0.4, -0.2) is 28.1 Å². The van der Waals surface area contributed by atoms with Crippen LogP contribution in [0.5, 0.6) is 0 Å². The molecule has 1 fully saturated rings. The molecule has 14 heavy (non-hydrogen) atoms. The summed E-state index contributed by atoms with van der Waals surface area (Å²) < 4.78 is 2.63. The van der Waals surface area contributed by atoms with E-state index in [-0.39, 0.29) is 0 Å². The smallest absolute Gasteiger partial charge is 0.345 e. The zero-order valence-corrected chi connectivity index (χ0v) is 9.57. The molecule has 1 aliphatic carbocycles. The molecule has 0 bridgehead atoms. The lowest BCUT2D eigenvalue weighted by Gasteiger charge is -2.39. The highest BCUT2D eigenvalue weighted by Crippen LogP contribution is 2.44. The fourth-order valence-corrected chi connectivity index (χ4v) is 2.30. The summed E-state index contributed by atoms with van der Waals surface area (Å²) in [5, 5.41) is 10.1. The van der Waals surface area contributed by atoms with Crippen molar-refractivity contribution in [2.24, 2.45) is 0 Å². The molecular formula is C9H14Cl2O3. The van der Waals surface area contributed by atoms with Gasteiger partial charge in [-0.3, -0.25) is 0 Å². The summed E-state index contributed by atoms with van der Waals surface area (Å²) in [7, 11) is 1.20. The van der Waals surface area contributed by atoms with Gasteiger partial charge in [0.05, 0.1) is 7.11 Å². The van der Waals surface area contributed by atoms with E-state index in [9.17, 15) is 9.90 Å². The van der Waals surface area contributed by atoms with E-state index >= 15 is 0 Å². The molecule has 0 atom stereocenters. The molecule has 1 saturated carbocycles. The third kappa shape index (κ3) is 2.00. The van der Waals surface area contributed by atoms with Gasteiger partial charge in [-0.2, -0.15) is 0 Å². The van der Waals surface area contributed by atoms with E-state index in [0.717, 1.165) is 19.3 Å². The topological polar surface area (TPSA) is 46.5 Å². The first-order valence-corrected chi connectivity index (χ1v) is 5.38. The lowest BCUT2D eigenvalue weighted by atomic mass is 9.82. The number of halogens is 2. The average Bonchev–Trinajstić information content (AvgIpc) is 2.17. The van der Waals surface area contributed by atoms with Gasteiger partial charge in [-0.15, -0.1) is 0 Å². The van der Waals surface area contributed by atoms with Gasteiger partial charge < -0.3 is 9.84 Å². The normalized spacial score (nSPS) is 21.7. The maximum atomic E-state index is 11.3. The number of carbonyl (C=O) groups is 1. The number of alkyl halides is 2. The zero-order valence-electron chi connectivity index (χ0n) is 8.06. The van der Waals surface area contributed by atoms with Crippen LogP contribution < -0.4 is 0 Å². The van der Waals surface area contributed by atoms with E-state index in [2.05, 4.69) is 4.74 Å². The Labute approximate surface area is 93.3 Å². The van der Waals surface area contributed by atoms with Crippen molar-refractivity contribution in [1.29, 1.82) is 0 Å². The highest BCUT2D eigenvalue weighted by molar-refractivity contribution is 6.58. The minimum atomic E-state index is -1.85. The minimum absolute atomic E-state index is 0.440. The van der Waals surface area contributed by atoms with Crippen molar-refractivity contribution in [2.45, 2.75) is 42.0 Å². The number of hydrogen-bond acceptors (Lipinski definition) is 3. The molecule has 0 radical (unpaired) electrons. The molecule has 0 aliphatic heterocycles. The van der Waals surface area contributed by atoms with Crippen LogP contribution in [-0.2, 0) is 9.53 Å². The van der Waals surface area contributed by atoms with Gasteiger partial charge in [0.15, 0.2) is 0 Å². The number of carbonyl (C=O) groups excluding carboxylic acids is 1. The Kier molecular flexibility index (Phi) is 3.67. The van der Waals surface area contributed by atoms with E-state index in [1.165, 1.54) is 7.11 Å². The molecule has 82 valence electrons. The summed E-state index contributed by atoms with van der Waals surface area (Å²) in [6, 6.07) is 0. The quantitative estimate of drug-likeness (QED) is 0.594. The van der Waals surface area contributed by atoms with Gasteiger partial charge in [-0.25, -0.2) is 4.79 Å². The van der Waals surface area contributed by atoms with Crippen LogP contribution in [0.4, 0.5) is 0 Å². The SMILES string of the molecule is COC(=O)C(Cl)(Cl)C1(O)CCCCC1. The molecule has 3 nitrogen and oxygen atoms in total. The fraction of sp³-hybridized carbons (Fsp3) is 0.889. The Morgan fingerprint density at radius 2 is 1.86 bits per heavy atom. The fourth-order valence-electron chi connectivity index (χ4n) is 1.77. The number of esters is 1. The summed E-state index contributed by atoms with van der Waals surface area (Å²) in [6.07, 6.45) is 3.57. The number of hydrogen-bond donors (Lipinski definition) is 1. The van der Waals surface area contributed by atoms with Gasteiger partial charge in [0.2, 0.25) is 4.33 Å². The van der Waals surface area contributed by atoms with Crippen LogP contribution in [0.25, 0.3) is 0 Å². The van der Waals surface area contributed by atoms with E-state index < -0.39 is 15.9 Å². The number of ether oxygens (including phenoxy) is 1. The van der Waals surface area contributed by atoms with Crippen LogP contribution in [0.3, 0.4) is 0 Å². The predicted molar refractivity (Wildman–Crippen MR) is 54.5 cm³/mol. The van der Waals surface area contributed by atoms with Crippen LogP contribution in [0.2, 0.25) is 0 Å². The van der Waals surface area contributed by atoms with Crippen LogP contribution in [0, 0.1) is 0 Å². The summed E-state index contributed by atoms with van der Waals surface area (Å²) in [6.45, 7) is 0. The molecule has 0 heterocycles. The van der Waals surface area contributed by atoms with E-state index in [4.69, 9.17) is 23.2 Å². The van der Waals surface area contributed by atoms with Crippen molar-refractivity contribution in [3.63, 3.8) is 0 Å². The van der Waals surface area contributed by atoms with Gasteiger partial charge in [0.1, 0.15) is 5.60 Å². The molecule has 0 aromatic heterocycles. The van der Waals surface area contributed by atoms with Gasteiger partial charge in [0, 0.05) is 0 Å². The Hall–Kier alpha value is 0.01000. The maximum absolute atomic E-state index is 11.3. The Morgan fingerprint density at radius 3 is 2.29 bits per heavy atom. The first-order chi connectivity index (χ1) is 6.44. The van der Waals surface area contributed by atoms with Crippen molar-refractivity contribution in [3.05, 3.63) is 0 Å². The maximum Gasteiger partial charge on any atom is 0.345 e. The number of rotatable bonds is 2. The molecule has 1 aliphatic rings. The third-order valence-electron chi connectivity index (χ3n) is 2.71. The first kappa shape index (κ1) is 12.1. The Balaban J connectivity index is 2.82. The van der Waals surface area contributed by atoms with Gasteiger partial charge in [-0.05, 0) is 12.8 Å². The van der Waals surface area contributed by atoms with Crippen LogP contribution >= 0.6 is 23.2 Å². The standard InChI is InChI=1S/C9H14Cl2O3/c1-14-7(12)9(10,11)8(13)5-3-2-4-6-8/h13H,2-6H2,1H3. The molecular weight excluding hydrogens is 227 g/mol. The summed E-state index contributed by atoms with van der Waals surface area (Å²) in [4.78, 5) is 11.3. The molecule has 0 spiro atoms. The zero-order chi connectivity index (χ0) is 10.8. The third-order valence-corrected chi connectivity index (χ3v) is 3.72. The molecule has 0 amide bonds. The highest BCUT2D eigenvalue weighted by Gasteiger charge is 2.54. The van der Waals surface area contributed by atoms with Crippen molar-refractivity contribution < 1.29 is 14.6 Å². The second-order valence-corrected chi connectivity index (χ2v) is 4.99. The molecule has 1 N–H and O–H groups in total.